The average Bonchev–Trinajstić information content (AvgIpc) is 3.27. The highest BCUT2D eigenvalue weighted by Gasteiger charge is 2.49. The van der Waals surface area contributed by atoms with Gasteiger partial charge in [0.25, 0.3) is 0 Å². The first-order chi connectivity index (χ1) is 17.5. The van der Waals surface area contributed by atoms with Crippen molar-refractivity contribution in [3.05, 3.63) is 57.4 Å². The Morgan fingerprint density at radius 3 is 2.68 bits per heavy atom. The largest absolute Gasteiger partial charge is 0.507 e. The van der Waals surface area contributed by atoms with E-state index in [1.54, 1.807) is 0 Å². The van der Waals surface area contributed by atoms with Crippen molar-refractivity contribution in [3.63, 3.8) is 0 Å². The molecular weight excluding hydrogens is 462 g/mol. The fraction of sp³-hybridized carbons (Fsp3) is 0.484. The van der Waals surface area contributed by atoms with Crippen molar-refractivity contribution in [2.45, 2.75) is 72.9 Å². The van der Waals surface area contributed by atoms with Crippen LogP contribution in [0.2, 0.25) is 0 Å². The molecule has 2 aliphatic rings. The molecule has 3 heterocycles. The van der Waals surface area contributed by atoms with Gasteiger partial charge in [0.05, 0.1) is 22.0 Å². The van der Waals surface area contributed by atoms with Crippen molar-refractivity contribution in [1.29, 1.82) is 0 Å². The number of imidazole rings is 1. The summed E-state index contributed by atoms with van der Waals surface area (Å²) in [7, 11) is 1.93. The van der Waals surface area contributed by atoms with E-state index in [0.29, 0.717) is 52.5 Å². The van der Waals surface area contributed by atoms with Crippen LogP contribution >= 0.6 is 0 Å². The van der Waals surface area contributed by atoms with Crippen LogP contribution in [0.1, 0.15) is 63.8 Å². The number of benzene rings is 2. The van der Waals surface area contributed by atoms with E-state index in [1.165, 1.54) is 12.8 Å². The van der Waals surface area contributed by atoms with Gasteiger partial charge in [-0.2, -0.15) is 0 Å². The van der Waals surface area contributed by atoms with Crippen molar-refractivity contribution in [2.75, 3.05) is 6.54 Å². The third-order valence-corrected chi connectivity index (χ3v) is 8.78. The molecule has 0 amide bonds. The lowest BCUT2D eigenvalue weighted by atomic mass is 9.65. The Bertz CT molecular complexity index is 1610. The molecule has 4 aromatic rings. The van der Waals surface area contributed by atoms with E-state index in [0.717, 1.165) is 35.1 Å². The Kier molecular flexibility index (Phi) is 5.36. The SMILES string of the molecule is CCc1cc2c(=O)c(-c3nc4ccccc4n3C)c(C)oc2c(CN2CC3(C)CC2CC(C)(C)C3)c1O. The van der Waals surface area contributed by atoms with Gasteiger partial charge in [0.2, 0.25) is 5.43 Å². The second kappa shape index (κ2) is 8.19. The Labute approximate surface area is 217 Å². The molecule has 6 heteroatoms. The Morgan fingerprint density at radius 2 is 1.95 bits per heavy atom. The molecule has 0 radical (unpaired) electrons. The fourth-order valence-electron chi connectivity index (χ4n) is 7.56. The maximum atomic E-state index is 14.1. The van der Waals surface area contributed by atoms with Crippen LogP contribution in [0.5, 0.6) is 5.75 Å². The van der Waals surface area contributed by atoms with Crippen molar-refractivity contribution >= 4 is 22.0 Å². The molecule has 194 valence electrons. The van der Waals surface area contributed by atoms with E-state index in [-0.39, 0.29) is 16.6 Å². The lowest BCUT2D eigenvalue weighted by molar-refractivity contribution is 0.126. The second-order valence-electron chi connectivity index (χ2n) is 12.6. The number of hydrogen-bond donors (Lipinski definition) is 1. The van der Waals surface area contributed by atoms with Gasteiger partial charge in [0.15, 0.2) is 0 Å². The maximum absolute atomic E-state index is 14.1. The van der Waals surface area contributed by atoms with Crippen molar-refractivity contribution in [3.8, 4) is 17.1 Å². The highest BCUT2D eigenvalue weighted by molar-refractivity contribution is 5.88. The van der Waals surface area contributed by atoms with Crippen LogP contribution in [0.25, 0.3) is 33.4 Å². The zero-order chi connectivity index (χ0) is 26.3. The van der Waals surface area contributed by atoms with Gasteiger partial charge in [-0.3, -0.25) is 9.69 Å². The lowest BCUT2D eigenvalue weighted by Gasteiger charge is -2.40. The molecule has 2 atom stereocenters. The average molecular weight is 500 g/mol. The number of likely N-dealkylation sites (tertiary alicyclic amines) is 1. The van der Waals surface area contributed by atoms with Crippen LogP contribution in [0, 0.1) is 17.8 Å². The van der Waals surface area contributed by atoms with Gasteiger partial charge in [-0.15, -0.1) is 0 Å². The zero-order valence-corrected chi connectivity index (χ0v) is 22.8. The molecule has 2 aromatic heterocycles. The molecule has 1 aliphatic heterocycles. The highest BCUT2D eigenvalue weighted by atomic mass is 16.3. The van der Waals surface area contributed by atoms with E-state index in [1.807, 2.05) is 55.8 Å². The molecule has 2 aromatic carbocycles. The summed E-state index contributed by atoms with van der Waals surface area (Å²) in [5.74, 6) is 1.39. The summed E-state index contributed by atoms with van der Waals surface area (Å²) in [5.41, 5.74) is 4.81. The Hall–Kier alpha value is -3.12. The fourth-order valence-corrected chi connectivity index (χ4v) is 7.56. The van der Waals surface area contributed by atoms with Gasteiger partial charge in [0.1, 0.15) is 28.5 Å². The third kappa shape index (κ3) is 3.80. The number of hydrogen-bond acceptors (Lipinski definition) is 5. The van der Waals surface area contributed by atoms with Crippen LogP contribution in [0.15, 0.2) is 39.5 Å². The summed E-state index contributed by atoms with van der Waals surface area (Å²) in [6.07, 6.45) is 4.18. The number of aromatic nitrogens is 2. The van der Waals surface area contributed by atoms with Crippen LogP contribution in [0.4, 0.5) is 0 Å². The zero-order valence-electron chi connectivity index (χ0n) is 22.8. The van der Waals surface area contributed by atoms with E-state index >= 15 is 0 Å². The standard InChI is InChI=1S/C31H37N3O3/c1-7-19-12-21-27(36)25(29-32-23-10-8-9-11-24(23)33(29)6)18(2)37-28(21)22(26(19)35)15-34-17-31(5)14-20(34)13-30(3,4)16-31/h8-12,20,35H,7,13-17H2,1-6H3. The Morgan fingerprint density at radius 1 is 1.19 bits per heavy atom. The van der Waals surface area contributed by atoms with Crippen LogP contribution in [-0.4, -0.2) is 32.1 Å². The van der Waals surface area contributed by atoms with Gasteiger partial charge < -0.3 is 14.1 Å². The molecule has 1 saturated heterocycles. The molecular formula is C31H37N3O3. The summed E-state index contributed by atoms with van der Waals surface area (Å²) >= 11 is 0. The summed E-state index contributed by atoms with van der Waals surface area (Å²) < 4.78 is 8.39. The molecule has 0 spiro atoms. The smallest absolute Gasteiger partial charge is 0.203 e. The Balaban J connectivity index is 1.51. The van der Waals surface area contributed by atoms with Crippen molar-refractivity contribution < 1.29 is 9.52 Å². The van der Waals surface area contributed by atoms with Crippen molar-refractivity contribution in [1.82, 2.24) is 14.5 Å². The van der Waals surface area contributed by atoms with Crippen LogP contribution in [-0.2, 0) is 20.0 Å². The van der Waals surface area contributed by atoms with Crippen LogP contribution in [0.3, 0.4) is 0 Å². The molecule has 6 nitrogen and oxygen atoms in total. The number of rotatable bonds is 4. The van der Waals surface area contributed by atoms with E-state index in [9.17, 15) is 9.90 Å². The number of phenolic OH excluding ortho intramolecular Hbond substituents is 1. The predicted octanol–water partition coefficient (Wildman–Crippen LogP) is 6.32. The normalized spacial score (nSPS) is 23.4. The third-order valence-electron chi connectivity index (χ3n) is 8.78. The second-order valence-corrected chi connectivity index (χ2v) is 12.6. The molecule has 1 N–H and O–H groups in total. The summed E-state index contributed by atoms with van der Waals surface area (Å²) in [6.45, 7) is 12.6. The first-order valence-electron chi connectivity index (χ1n) is 13.5. The molecule has 2 fully saturated rings. The quantitative estimate of drug-likeness (QED) is 0.356. The summed E-state index contributed by atoms with van der Waals surface area (Å²) in [4.78, 5) is 21.3. The number of aryl methyl sites for hydroxylation is 3. The van der Waals surface area contributed by atoms with Crippen LogP contribution < -0.4 is 5.43 Å². The number of para-hydroxylation sites is 2. The summed E-state index contributed by atoms with van der Waals surface area (Å²) in [6, 6.07) is 10.2. The van der Waals surface area contributed by atoms with E-state index in [4.69, 9.17) is 9.40 Å². The minimum atomic E-state index is -0.0960. The van der Waals surface area contributed by atoms with Gasteiger partial charge in [-0.05, 0) is 67.2 Å². The number of aromatic hydroxyl groups is 1. The number of phenols is 1. The van der Waals surface area contributed by atoms with Gasteiger partial charge in [-0.1, -0.05) is 39.8 Å². The lowest BCUT2D eigenvalue weighted by Crippen LogP contribution is -2.34. The van der Waals surface area contributed by atoms with Crippen molar-refractivity contribution in [2.24, 2.45) is 17.9 Å². The molecule has 2 unspecified atom stereocenters. The topological polar surface area (TPSA) is 71.5 Å². The molecule has 2 bridgehead atoms. The minimum Gasteiger partial charge on any atom is -0.507 e. The first-order valence-corrected chi connectivity index (χ1v) is 13.5. The minimum absolute atomic E-state index is 0.0960. The molecule has 6 rings (SSSR count). The number of nitrogens with zero attached hydrogens (tertiary/aromatic N) is 3. The molecule has 37 heavy (non-hydrogen) atoms. The van der Waals surface area contributed by atoms with Gasteiger partial charge in [0, 0.05) is 26.2 Å². The number of fused-ring (bicyclic) bond motifs is 4. The molecule has 1 aliphatic carbocycles. The predicted molar refractivity (Wildman–Crippen MR) is 148 cm³/mol. The maximum Gasteiger partial charge on any atom is 0.203 e. The first kappa shape index (κ1) is 24.2. The van der Waals surface area contributed by atoms with E-state index in [2.05, 4.69) is 25.7 Å². The monoisotopic (exact) mass is 499 g/mol. The highest BCUT2D eigenvalue weighted by Crippen LogP contribution is 2.53. The van der Waals surface area contributed by atoms with Gasteiger partial charge in [-0.25, -0.2) is 4.98 Å². The van der Waals surface area contributed by atoms with Gasteiger partial charge >= 0.3 is 0 Å². The summed E-state index contributed by atoms with van der Waals surface area (Å²) in [5, 5.41) is 11.9. The molecule has 1 saturated carbocycles. The van der Waals surface area contributed by atoms with E-state index < -0.39 is 0 Å².